The van der Waals surface area contributed by atoms with Crippen LogP contribution in [0.5, 0.6) is 5.75 Å². The van der Waals surface area contributed by atoms with Crippen LogP contribution in [0.15, 0.2) is 53.4 Å². The summed E-state index contributed by atoms with van der Waals surface area (Å²) in [6.45, 7) is 2.24. The Morgan fingerprint density at radius 2 is 2.12 bits per heavy atom. The summed E-state index contributed by atoms with van der Waals surface area (Å²) >= 11 is 13.6. The van der Waals surface area contributed by atoms with Crippen LogP contribution in [0.1, 0.15) is 34.6 Å². The van der Waals surface area contributed by atoms with Crippen LogP contribution in [0.3, 0.4) is 0 Å². The third-order valence-electron chi connectivity index (χ3n) is 3.74. The van der Waals surface area contributed by atoms with Crippen molar-refractivity contribution >= 4 is 40.4 Å². The molecule has 7 heteroatoms. The molecule has 1 heterocycles. The molecule has 2 aromatic carbocycles. The molecular weight excluding hydrogens is 391 g/mol. The maximum atomic E-state index is 12.5. The minimum atomic E-state index is -0.258. The first-order chi connectivity index (χ1) is 12.5. The van der Waals surface area contributed by atoms with E-state index in [2.05, 4.69) is 10.3 Å². The second-order valence-electron chi connectivity index (χ2n) is 5.66. The van der Waals surface area contributed by atoms with Crippen LogP contribution in [0.2, 0.25) is 10.0 Å². The molecule has 1 amide bonds. The van der Waals surface area contributed by atoms with Gasteiger partial charge in [0.1, 0.15) is 12.4 Å². The zero-order chi connectivity index (χ0) is 18.5. The average Bonchev–Trinajstić information content (AvgIpc) is 3.13. The number of aromatic nitrogens is 1. The molecule has 3 aromatic rings. The number of hydrogen-bond acceptors (Lipinski definition) is 4. The molecule has 26 heavy (non-hydrogen) atoms. The lowest BCUT2D eigenvalue weighted by Crippen LogP contribution is -2.26. The van der Waals surface area contributed by atoms with Gasteiger partial charge in [-0.25, -0.2) is 4.98 Å². The van der Waals surface area contributed by atoms with Crippen molar-refractivity contribution in [2.24, 2.45) is 0 Å². The first-order valence-corrected chi connectivity index (χ1v) is 9.58. The van der Waals surface area contributed by atoms with Crippen molar-refractivity contribution in [3.8, 4) is 5.75 Å². The van der Waals surface area contributed by atoms with Gasteiger partial charge in [0.05, 0.1) is 17.2 Å². The fourth-order valence-electron chi connectivity index (χ4n) is 2.40. The highest BCUT2D eigenvalue weighted by molar-refractivity contribution is 7.07. The summed E-state index contributed by atoms with van der Waals surface area (Å²) in [7, 11) is 0. The monoisotopic (exact) mass is 406 g/mol. The van der Waals surface area contributed by atoms with E-state index in [1.807, 2.05) is 24.4 Å². The smallest absolute Gasteiger partial charge is 0.251 e. The number of benzene rings is 2. The number of amides is 1. The van der Waals surface area contributed by atoms with Crippen LogP contribution in [0.25, 0.3) is 0 Å². The lowest BCUT2D eigenvalue weighted by molar-refractivity contribution is 0.0939. The Morgan fingerprint density at radius 3 is 2.85 bits per heavy atom. The second kappa shape index (κ2) is 8.54. The summed E-state index contributed by atoms with van der Waals surface area (Å²) in [4.78, 5) is 16.7. The Kier molecular flexibility index (Phi) is 6.14. The van der Waals surface area contributed by atoms with Gasteiger partial charge in [-0.2, -0.15) is 0 Å². The third-order valence-corrected chi connectivity index (χ3v) is 4.94. The van der Waals surface area contributed by atoms with Gasteiger partial charge in [0.15, 0.2) is 0 Å². The summed E-state index contributed by atoms with van der Waals surface area (Å²) in [6, 6.07) is 12.0. The summed E-state index contributed by atoms with van der Waals surface area (Å²) in [6.07, 6.45) is 0. The number of nitrogens with one attached hydrogen (secondary N) is 1. The fraction of sp³-hybridized carbons (Fsp3) is 0.158. The van der Waals surface area contributed by atoms with Gasteiger partial charge < -0.3 is 10.1 Å². The van der Waals surface area contributed by atoms with Crippen LogP contribution in [0.4, 0.5) is 0 Å². The molecule has 0 spiro atoms. The number of carbonyl (C=O) groups excluding carboxylic acids is 1. The van der Waals surface area contributed by atoms with Crippen molar-refractivity contribution in [2.45, 2.75) is 19.6 Å². The van der Waals surface area contributed by atoms with Gasteiger partial charge in [-0.3, -0.25) is 4.79 Å². The molecule has 1 atom stereocenters. The minimum Gasteiger partial charge on any atom is -0.487 e. The first-order valence-electron chi connectivity index (χ1n) is 7.88. The maximum absolute atomic E-state index is 12.5. The minimum absolute atomic E-state index is 0.206. The van der Waals surface area contributed by atoms with Gasteiger partial charge >= 0.3 is 0 Å². The largest absolute Gasteiger partial charge is 0.487 e. The molecule has 1 unspecified atom stereocenters. The lowest BCUT2D eigenvalue weighted by Gasteiger charge is -2.16. The van der Waals surface area contributed by atoms with Gasteiger partial charge in [-0.15, -0.1) is 11.3 Å². The summed E-state index contributed by atoms with van der Waals surface area (Å²) < 4.78 is 5.69. The fourth-order valence-corrected chi connectivity index (χ4v) is 3.52. The van der Waals surface area contributed by atoms with Crippen molar-refractivity contribution in [1.29, 1.82) is 0 Å². The molecule has 0 radical (unpaired) electrons. The summed E-state index contributed by atoms with van der Waals surface area (Å²) in [5.74, 6) is 0.408. The molecule has 0 aliphatic carbocycles. The van der Waals surface area contributed by atoms with Crippen LogP contribution >= 0.6 is 34.5 Å². The molecule has 134 valence electrons. The molecule has 0 saturated carbocycles. The number of ether oxygens (including phenoxy) is 1. The molecule has 0 bridgehead atoms. The van der Waals surface area contributed by atoms with Crippen LogP contribution in [0, 0.1) is 0 Å². The van der Waals surface area contributed by atoms with Gasteiger partial charge in [0.25, 0.3) is 5.91 Å². The van der Waals surface area contributed by atoms with Gasteiger partial charge in [-0.1, -0.05) is 35.3 Å². The standard InChI is InChI=1S/C19H16Cl2N2O2S/c1-12(17-6-5-14(20)8-18(17)21)23-19(24)13-3-2-4-16(7-13)25-9-15-10-26-11-22-15/h2-8,10-12H,9H2,1H3,(H,23,24). The molecular formula is C19H16Cl2N2O2S. The highest BCUT2D eigenvalue weighted by Gasteiger charge is 2.15. The van der Waals surface area contributed by atoms with Crippen molar-refractivity contribution in [3.63, 3.8) is 0 Å². The Bertz CT molecular complexity index is 900. The zero-order valence-electron chi connectivity index (χ0n) is 13.9. The van der Waals surface area contributed by atoms with Gasteiger partial charge in [0.2, 0.25) is 0 Å². The lowest BCUT2D eigenvalue weighted by atomic mass is 10.1. The number of hydrogen-bond donors (Lipinski definition) is 1. The second-order valence-corrected chi connectivity index (χ2v) is 7.22. The van der Waals surface area contributed by atoms with E-state index in [0.717, 1.165) is 11.3 Å². The zero-order valence-corrected chi connectivity index (χ0v) is 16.2. The topological polar surface area (TPSA) is 51.2 Å². The predicted molar refractivity (Wildman–Crippen MR) is 105 cm³/mol. The molecule has 1 N–H and O–H groups in total. The predicted octanol–water partition coefficient (Wildman–Crippen LogP) is 5.52. The normalized spacial score (nSPS) is 11.8. The SMILES string of the molecule is CC(NC(=O)c1cccc(OCc2cscn2)c1)c1ccc(Cl)cc1Cl. The molecule has 0 saturated heterocycles. The third kappa shape index (κ3) is 4.75. The molecule has 3 rings (SSSR count). The van der Waals surface area contributed by atoms with Crippen molar-refractivity contribution in [2.75, 3.05) is 0 Å². The summed E-state index contributed by atoms with van der Waals surface area (Å²) in [5.41, 5.74) is 3.93. The van der Waals surface area contributed by atoms with Crippen molar-refractivity contribution < 1.29 is 9.53 Å². The van der Waals surface area contributed by atoms with E-state index in [4.69, 9.17) is 27.9 Å². The number of nitrogens with zero attached hydrogens (tertiary/aromatic N) is 1. The summed E-state index contributed by atoms with van der Waals surface area (Å²) in [5, 5.41) is 5.94. The van der Waals surface area contributed by atoms with Crippen LogP contribution in [-0.2, 0) is 6.61 Å². The Morgan fingerprint density at radius 1 is 1.27 bits per heavy atom. The van der Waals surface area contributed by atoms with E-state index in [1.165, 1.54) is 11.3 Å². The number of carbonyl (C=O) groups is 1. The van der Waals surface area contributed by atoms with E-state index in [0.29, 0.717) is 28.0 Å². The quantitative estimate of drug-likeness (QED) is 0.586. The number of rotatable bonds is 6. The molecule has 0 aliphatic heterocycles. The highest BCUT2D eigenvalue weighted by atomic mass is 35.5. The number of thiazole rings is 1. The first kappa shape index (κ1) is 18.7. The van der Waals surface area contributed by atoms with E-state index < -0.39 is 0 Å². The molecule has 1 aromatic heterocycles. The van der Waals surface area contributed by atoms with Crippen LogP contribution in [-0.4, -0.2) is 10.9 Å². The molecule has 0 fully saturated rings. The highest BCUT2D eigenvalue weighted by Crippen LogP contribution is 2.26. The van der Waals surface area contributed by atoms with E-state index in [9.17, 15) is 4.79 Å². The van der Waals surface area contributed by atoms with E-state index in [1.54, 1.807) is 35.8 Å². The Hall–Kier alpha value is -2.08. The Balaban J connectivity index is 1.66. The Labute approximate surface area is 165 Å². The van der Waals surface area contributed by atoms with Crippen LogP contribution < -0.4 is 10.1 Å². The van der Waals surface area contributed by atoms with E-state index in [-0.39, 0.29) is 11.9 Å². The van der Waals surface area contributed by atoms with E-state index >= 15 is 0 Å². The van der Waals surface area contributed by atoms with Crippen molar-refractivity contribution in [3.05, 3.63) is 80.2 Å². The van der Waals surface area contributed by atoms with Crippen molar-refractivity contribution in [1.82, 2.24) is 10.3 Å². The molecule has 0 aliphatic rings. The van der Waals surface area contributed by atoms with Gasteiger partial charge in [0, 0.05) is 21.0 Å². The average molecular weight is 407 g/mol. The maximum Gasteiger partial charge on any atom is 0.251 e. The number of halogens is 2. The molecule has 4 nitrogen and oxygen atoms in total. The van der Waals surface area contributed by atoms with Gasteiger partial charge in [-0.05, 0) is 42.8 Å².